The number of anilines is 1. The Morgan fingerprint density at radius 1 is 1.00 bits per heavy atom. The Bertz CT molecular complexity index is 2130. The summed E-state index contributed by atoms with van der Waals surface area (Å²) in [6.07, 6.45) is 4.46. The minimum absolute atomic E-state index is 0.000119. The van der Waals surface area contributed by atoms with E-state index in [0.717, 1.165) is 90.1 Å². The van der Waals surface area contributed by atoms with Crippen LogP contribution >= 0.6 is 0 Å². The maximum absolute atomic E-state index is 13.3. The van der Waals surface area contributed by atoms with Crippen molar-refractivity contribution in [1.82, 2.24) is 24.7 Å². The van der Waals surface area contributed by atoms with E-state index in [1.807, 2.05) is 43.0 Å². The third kappa shape index (κ3) is 6.72. The van der Waals surface area contributed by atoms with E-state index >= 15 is 0 Å². The number of carbonyl (C=O) groups excluding carboxylic acids is 2. The molecule has 11 nitrogen and oxygen atoms in total. The van der Waals surface area contributed by atoms with Crippen molar-refractivity contribution < 1.29 is 19.1 Å². The number of hydrogen-bond donors (Lipinski definition) is 2. The first kappa shape index (κ1) is 36.4. The van der Waals surface area contributed by atoms with Crippen molar-refractivity contribution in [3.05, 3.63) is 98.5 Å². The molecule has 2 aliphatic heterocycles. The van der Waals surface area contributed by atoms with Gasteiger partial charge in [0.1, 0.15) is 5.56 Å². The maximum Gasteiger partial charge on any atom is 0.317 e. The van der Waals surface area contributed by atoms with Crippen LogP contribution in [0, 0.1) is 13.8 Å². The number of urea groups is 1. The van der Waals surface area contributed by atoms with Crippen LogP contribution in [0.1, 0.15) is 70.5 Å². The van der Waals surface area contributed by atoms with Gasteiger partial charge in [0.25, 0.3) is 11.5 Å². The molecule has 1 unspecified atom stereocenters. The second kappa shape index (κ2) is 14.8. The number of aromatic nitrogens is 2. The van der Waals surface area contributed by atoms with Crippen molar-refractivity contribution in [3.63, 3.8) is 0 Å². The highest BCUT2D eigenvalue weighted by atomic mass is 16.5. The number of nitrogens with one attached hydrogen (secondary N) is 2. The molecule has 53 heavy (non-hydrogen) atoms. The SMILES string of the molecule is CCc1ccc(C(=O)Nc2cccc(-c3cccc(-c4cc5c(c(OC)n4)C(N4CC[C@@]6(CCN(CCOC)C(=O)N6)C4)CC5)c3C)c2C)c(=O)n1C. The molecule has 7 rings (SSSR count). The minimum Gasteiger partial charge on any atom is -0.481 e. The van der Waals surface area contributed by atoms with Crippen LogP contribution in [-0.4, -0.2) is 83.8 Å². The van der Waals surface area contributed by atoms with E-state index in [-0.39, 0.29) is 28.7 Å². The number of hydrogen-bond acceptors (Lipinski definition) is 7. The highest BCUT2D eigenvalue weighted by Crippen LogP contribution is 2.46. The fraction of sp³-hybridized carbons (Fsp3) is 0.429. The standard InChI is InChI=1S/C42H50N6O5/c1-7-29-15-16-33(40(50)46(29)4)38(49)43-34-13-9-11-31(27(34)3)30-10-8-12-32(26(30)2)35-24-28-14-17-36(37(28)39(44-35)53-6)48-21-19-42(25-48)18-20-47(22-23-52-5)41(51)45-42/h8-13,15-16,24,36H,7,14,17-23,25H2,1-6H3,(H,43,49)(H,45,51)/t36?,42-/m0/s1. The molecule has 0 radical (unpaired) electrons. The monoisotopic (exact) mass is 718 g/mol. The van der Waals surface area contributed by atoms with Gasteiger partial charge in [-0.15, -0.1) is 0 Å². The van der Waals surface area contributed by atoms with Crippen LogP contribution in [0.5, 0.6) is 5.88 Å². The lowest BCUT2D eigenvalue weighted by Gasteiger charge is -2.40. The summed E-state index contributed by atoms with van der Waals surface area (Å²) in [5.74, 6) is 0.229. The first-order chi connectivity index (χ1) is 25.6. The number of aryl methyl sites for hydroxylation is 2. The number of nitrogens with zero attached hydrogens (tertiary/aromatic N) is 4. The Kier molecular flexibility index (Phi) is 10.1. The lowest BCUT2D eigenvalue weighted by Crippen LogP contribution is -2.61. The number of rotatable bonds is 10. The fourth-order valence-corrected chi connectivity index (χ4v) is 8.61. The van der Waals surface area contributed by atoms with Gasteiger partial charge in [-0.2, -0.15) is 0 Å². The lowest BCUT2D eigenvalue weighted by molar-refractivity contribution is 0.102. The van der Waals surface area contributed by atoms with Crippen molar-refractivity contribution in [2.24, 2.45) is 7.05 Å². The molecule has 2 aromatic heterocycles. The third-order valence-electron chi connectivity index (χ3n) is 11.7. The molecule has 2 saturated heterocycles. The summed E-state index contributed by atoms with van der Waals surface area (Å²) >= 11 is 0. The number of ether oxygens (including phenoxy) is 2. The van der Waals surface area contributed by atoms with Crippen LogP contribution in [-0.2, 0) is 24.6 Å². The van der Waals surface area contributed by atoms with Gasteiger partial charge in [-0.25, -0.2) is 9.78 Å². The van der Waals surface area contributed by atoms with Crippen molar-refractivity contribution in [2.75, 3.05) is 52.3 Å². The number of methoxy groups -OCH3 is 2. The fourth-order valence-electron chi connectivity index (χ4n) is 8.61. The zero-order chi connectivity index (χ0) is 37.4. The molecule has 278 valence electrons. The van der Waals surface area contributed by atoms with E-state index in [1.165, 1.54) is 10.1 Å². The molecule has 3 amide bonds. The van der Waals surface area contributed by atoms with Gasteiger partial charge in [0.15, 0.2) is 0 Å². The topological polar surface area (TPSA) is 118 Å². The van der Waals surface area contributed by atoms with Crippen LogP contribution in [0.15, 0.2) is 59.4 Å². The molecule has 0 bridgehead atoms. The average molecular weight is 719 g/mol. The molecule has 4 heterocycles. The van der Waals surface area contributed by atoms with Crippen LogP contribution in [0.2, 0.25) is 0 Å². The molecular formula is C42H50N6O5. The number of pyridine rings is 2. The highest BCUT2D eigenvalue weighted by Gasteiger charge is 2.46. The molecular weight excluding hydrogens is 668 g/mol. The van der Waals surface area contributed by atoms with Gasteiger partial charge in [0, 0.05) is 68.9 Å². The van der Waals surface area contributed by atoms with Gasteiger partial charge in [-0.3, -0.25) is 14.5 Å². The summed E-state index contributed by atoms with van der Waals surface area (Å²) in [7, 11) is 5.06. The average Bonchev–Trinajstić information content (AvgIpc) is 3.77. The Morgan fingerprint density at radius 2 is 1.74 bits per heavy atom. The number of carbonyl (C=O) groups is 2. The van der Waals surface area contributed by atoms with E-state index in [9.17, 15) is 14.4 Å². The smallest absolute Gasteiger partial charge is 0.317 e. The Hall–Kier alpha value is -5.00. The molecule has 1 spiro atoms. The summed E-state index contributed by atoms with van der Waals surface area (Å²) in [5, 5.41) is 6.35. The summed E-state index contributed by atoms with van der Waals surface area (Å²) in [6.45, 7) is 9.69. The number of fused-ring (bicyclic) bond motifs is 1. The predicted molar refractivity (Wildman–Crippen MR) is 207 cm³/mol. The molecule has 2 aromatic carbocycles. The van der Waals surface area contributed by atoms with E-state index in [4.69, 9.17) is 14.5 Å². The third-order valence-corrected chi connectivity index (χ3v) is 11.7. The van der Waals surface area contributed by atoms with Crippen LogP contribution in [0.25, 0.3) is 22.4 Å². The second-order valence-corrected chi connectivity index (χ2v) is 14.7. The molecule has 4 aromatic rings. The van der Waals surface area contributed by atoms with Gasteiger partial charge in [-0.05, 0) is 98.0 Å². The van der Waals surface area contributed by atoms with Gasteiger partial charge in [0.2, 0.25) is 5.88 Å². The molecule has 1 aliphatic carbocycles. The molecule has 11 heteroatoms. The zero-order valence-corrected chi connectivity index (χ0v) is 31.7. The second-order valence-electron chi connectivity index (χ2n) is 14.7. The molecule has 3 aliphatic rings. The Balaban J connectivity index is 1.13. The van der Waals surface area contributed by atoms with Crippen LogP contribution in [0.3, 0.4) is 0 Å². The lowest BCUT2D eigenvalue weighted by atomic mass is 9.91. The molecule has 2 atom stereocenters. The van der Waals surface area contributed by atoms with E-state index in [2.05, 4.69) is 46.7 Å². The van der Waals surface area contributed by atoms with Crippen molar-refractivity contribution in [2.45, 2.75) is 64.5 Å². The van der Waals surface area contributed by atoms with Gasteiger partial charge < -0.3 is 29.6 Å². The number of likely N-dealkylation sites (tertiary alicyclic amines) is 1. The van der Waals surface area contributed by atoms with Gasteiger partial charge in [0.05, 0.1) is 24.9 Å². The number of amides is 3. The Morgan fingerprint density at radius 3 is 2.47 bits per heavy atom. The summed E-state index contributed by atoms with van der Waals surface area (Å²) in [6, 6.07) is 17.9. The van der Waals surface area contributed by atoms with E-state index in [1.54, 1.807) is 27.3 Å². The maximum atomic E-state index is 13.3. The molecule has 2 fully saturated rings. The zero-order valence-electron chi connectivity index (χ0n) is 31.7. The van der Waals surface area contributed by atoms with Gasteiger partial charge in [-0.1, -0.05) is 37.3 Å². The summed E-state index contributed by atoms with van der Waals surface area (Å²) < 4.78 is 12.7. The summed E-state index contributed by atoms with van der Waals surface area (Å²) in [5.41, 5.74) is 9.41. The van der Waals surface area contributed by atoms with Gasteiger partial charge >= 0.3 is 6.03 Å². The van der Waals surface area contributed by atoms with Crippen molar-refractivity contribution >= 4 is 17.6 Å². The summed E-state index contributed by atoms with van der Waals surface area (Å²) in [4.78, 5) is 48.7. The highest BCUT2D eigenvalue weighted by molar-refractivity contribution is 6.05. The molecule has 2 N–H and O–H groups in total. The normalized spacial score (nSPS) is 19.8. The van der Waals surface area contributed by atoms with Crippen LogP contribution < -0.4 is 20.9 Å². The van der Waals surface area contributed by atoms with Crippen molar-refractivity contribution in [3.8, 4) is 28.3 Å². The quantitative estimate of drug-likeness (QED) is 0.205. The van der Waals surface area contributed by atoms with Crippen LogP contribution in [0.4, 0.5) is 10.5 Å². The van der Waals surface area contributed by atoms with Crippen molar-refractivity contribution in [1.29, 1.82) is 0 Å². The minimum atomic E-state index is -0.427. The van der Waals surface area contributed by atoms with E-state index in [0.29, 0.717) is 31.1 Å². The Labute approximate surface area is 311 Å². The molecule has 0 saturated carbocycles. The van der Waals surface area contributed by atoms with E-state index < -0.39 is 5.91 Å². The first-order valence-electron chi connectivity index (χ1n) is 18.7. The largest absolute Gasteiger partial charge is 0.481 e. The number of benzene rings is 2. The first-order valence-corrected chi connectivity index (χ1v) is 18.7. The predicted octanol–water partition coefficient (Wildman–Crippen LogP) is 6.05.